The lowest BCUT2D eigenvalue weighted by atomic mass is 9.80. The van der Waals surface area contributed by atoms with Gasteiger partial charge < -0.3 is 9.26 Å². The van der Waals surface area contributed by atoms with Crippen LogP contribution in [0, 0.1) is 0 Å². The monoisotopic (exact) mass is 433 g/mol. The van der Waals surface area contributed by atoms with E-state index < -0.39 is 10.0 Å². The van der Waals surface area contributed by atoms with Crippen LogP contribution in [0.15, 0.2) is 33.7 Å². The topological polar surface area (TPSA) is 85.5 Å². The summed E-state index contributed by atoms with van der Waals surface area (Å²) in [5, 5.41) is 4.26. The second kappa shape index (κ2) is 8.40. The quantitative estimate of drug-likeness (QED) is 0.712. The van der Waals surface area contributed by atoms with Gasteiger partial charge in [-0.1, -0.05) is 38.1 Å². The molecule has 2 saturated heterocycles. The van der Waals surface area contributed by atoms with Crippen molar-refractivity contribution in [2.75, 3.05) is 26.3 Å². The molecule has 8 heteroatoms. The van der Waals surface area contributed by atoms with E-state index >= 15 is 0 Å². The number of aromatic nitrogens is 2. The Morgan fingerprint density at radius 1 is 1.10 bits per heavy atom. The summed E-state index contributed by atoms with van der Waals surface area (Å²) < 4.78 is 38.7. The van der Waals surface area contributed by atoms with Crippen LogP contribution >= 0.6 is 0 Å². The Balaban J connectivity index is 1.44. The van der Waals surface area contributed by atoms with E-state index in [0.717, 1.165) is 31.6 Å². The molecule has 2 aliphatic heterocycles. The van der Waals surface area contributed by atoms with Crippen molar-refractivity contribution in [2.45, 2.75) is 68.6 Å². The maximum Gasteiger partial charge on any atom is 0.243 e. The van der Waals surface area contributed by atoms with Crippen LogP contribution in [0.2, 0.25) is 0 Å². The molecule has 30 heavy (non-hydrogen) atoms. The number of nitrogens with zero attached hydrogens (tertiary/aromatic N) is 3. The molecule has 4 rings (SSSR count). The molecule has 2 fully saturated rings. The van der Waals surface area contributed by atoms with E-state index in [9.17, 15) is 8.42 Å². The van der Waals surface area contributed by atoms with Crippen molar-refractivity contribution in [2.24, 2.45) is 0 Å². The summed E-state index contributed by atoms with van der Waals surface area (Å²) in [7, 11) is -3.49. The van der Waals surface area contributed by atoms with Crippen molar-refractivity contribution in [1.82, 2.24) is 14.4 Å². The first-order valence-electron chi connectivity index (χ1n) is 10.8. The van der Waals surface area contributed by atoms with E-state index in [4.69, 9.17) is 14.2 Å². The summed E-state index contributed by atoms with van der Waals surface area (Å²) in [6.07, 6.45) is 3.14. The first-order valence-corrected chi connectivity index (χ1v) is 12.3. The molecule has 0 aliphatic carbocycles. The SMILES string of the molecule is CC(C)c1ccc(S(=O)(=O)N2CCC(C)(c3noc(C4CCOCC4)n3)CC2)cc1. The standard InChI is InChI=1S/C22H31N3O4S/c1-16(2)17-4-6-19(7-5-17)30(26,27)25-12-10-22(3,11-13-25)21-23-20(29-24-21)18-8-14-28-15-9-18/h4-7,16,18H,8-15H2,1-3H3. The zero-order valence-electron chi connectivity index (χ0n) is 18.0. The second-order valence-electron chi connectivity index (χ2n) is 9.03. The summed E-state index contributed by atoms with van der Waals surface area (Å²) in [5.74, 6) is 2.02. The lowest BCUT2D eigenvalue weighted by Crippen LogP contribution is -2.44. The third kappa shape index (κ3) is 4.18. The molecule has 3 heterocycles. The predicted molar refractivity (Wildman–Crippen MR) is 113 cm³/mol. The van der Waals surface area contributed by atoms with Gasteiger partial charge in [0.15, 0.2) is 5.82 Å². The van der Waals surface area contributed by atoms with Crippen molar-refractivity contribution in [3.8, 4) is 0 Å². The maximum absolute atomic E-state index is 13.1. The molecule has 0 amide bonds. The van der Waals surface area contributed by atoms with Gasteiger partial charge in [0.1, 0.15) is 0 Å². The predicted octanol–water partition coefficient (Wildman–Crippen LogP) is 3.83. The highest BCUT2D eigenvalue weighted by Crippen LogP contribution is 2.36. The fourth-order valence-corrected chi connectivity index (χ4v) is 5.65. The normalized spacial score (nSPS) is 21.2. The van der Waals surface area contributed by atoms with Crippen LogP contribution in [0.1, 0.15) is 75.6 Å². The molecule has 1 aromatic heterocycles. The smallest absolute Gasteiger partial charge is 0.243 e. The van der Waals surface area contributed by atoms with Gasteiger partial charge in [0.25, 0.3) is 0 Å². The van der Waals surface area contributed by atoms with E-state index in [1.807, 2.05) is 12.1 Å². The van der Waals surface area contributed by atoms with Crippen LogP contribution in [-0.2, 0) is 20.2 Å². The molecule has 0 radical (unpaired) electrons. The van der Waals surface area contributed by atoms with Gasteiger partial charge >= 0.3 is 0 Å². The molecule has 164 valence electrons. The molecule has 0 N–H and O–H groups in total. The molecule has 0 unspecified atom stereocenters. The number of sulfonamides is 1. The number of hydrogen-bond donors (Lipinski definition) is 0. The first kappa shape index (κ1) is 21.5. The van der Waals surface area contributed by atoms with E-state index in [1.165, 1.54) is 0 Å². The number of rotatable bonds is 5. The summed E-state index contributed by atoms with van der Waals surface area (Å²) in [5.41, 5.74) is 0.859. The Kier molecular flexibility index (Phi) is 6.01. The average molecular weight is 434 g/mol. The molecule has 2 aromatic rings. The molecule has 0 bridgehead atoms. The van der Waals surface area contributed by atoms with Crippen LogP contribution < -0.4 is 0 Å². The van der Waals surface area contributed by atoms with Crippen LogP contribution in [-0.4, -0.2) is 49.2 Å². The third-order valence-corrected chi connectivity index (χ3v) is 8.48. The van der Waals surface area contributed by atoms with Crippen molar-refractivity contribution < 1.29 is 17.7 Å². The molecule has 0 atom stereocenters. The zero-order chi connectivity index (χ0) is 21.4. The minimum Gasteiger partial charge on any atom is -0.381 e. The third-order valence-electron chi connectivity index (χ3n) is 6.56. The lowest BCUT2D eigenvalue weighted by molar-refractivity contribution is 0.0778. The Bertz CT molecular complexity index is 955. The van der Waals surface area contributed by atoms with E-state index in [1.54, 1.807) is 16.4 Å². The van der Waals surface area contributed by atoms with Crippen LogP contribution in [0.3, 0.4) is 0 Å². The second-order valence-corrected chi connectivity index (χ2v) is 11.0. The largest absolute Gasteiger partial charge is 0.381 e. The van der Waals surface area contributed by atoms with Crippen LogP contribution in [0.5, 0.6) is 0 Å². The summed E-state index contributed by atoms with van der Waals surface area (Å²) >= 11 is 0. The summed E-state index contributed by atoms with van der Waals surface area (Å²) in [6.45, 7) is 8.65. The molecule has 2 aliphatic rings. The van der Waals surface area contributed by atoms with Crippen LogP contribution in [0.4, 0.5) is 0 Å². The summed E-state index contributed by atoms with van der Waals surface area (Å²) in [4.78, 5) is 5.06. The Morgan fingerprint density at radius 2 is 1.73 bits per heavy atom. The lowest BCUT2D eigenvalue weighted by Gasteiger charge is -2.36. The minimum absolute atomic E-state index is 0.262. The number of piperidine rings is 1. The van der Waals surface area contributed by atoms with Gasteiger partial charge in [-0.2, -0.15) is 9.29 Å². The molecule has 1 aromatic carbocycles. The molecular formula is C22H31N3O4S. The fraction of sp³-hybridized carbons (Fsp3) is 0.636. The Hall–Kier alpha value is -1.77. The van der Waals surface area contributed by atoms with Crippen molar-refractivity contribution in [3.63, 3.8) is 0 Å². The van der Waals surface area contributed by atoms with Crippen molar-refractivity contribution >= 4 is 10.0 Å². The van der Waals surface area contributed by atoms with Gasteiger partial charge in [-0.05, 0) is 49.3 Å². The van der Waals surface area contributed by atoms with E-state index in [-0.39, 0.29) is 11.3 Å². The van der Waals surface area contributed by atoms with Gasteiger partial charge in [-0.15, -0.1) is 0 Å². The Labute approximate surface area is 178 Å². The molecule has 7 nitrogen and oxygen atoms in total. The van der Waals surface area contributed by atoms with Gasteiger partial charge in [0, 0.05) is 37.6 Å². The van der Waals surface area contributed by atoms with Crippen molar-refractivity contribution in [1.29, 1.82) is 0 Å². The maximum atomic E-state index is 13.1. The number of benzene rings is 1. The van der Waals surface area contributed by atoms with Gasteiger partial charge in [0.05, 0.1) is 4.90 Å². The van der Waals surface area contributed by atoms with Gasteiger partial charge in [-0.3, -0.25) is 0 Å². The van der Waals surface area contributed by atoms with E-state index in [0.29, 0.717) is 48.5 Å². The first-order chi connectivity index (χ1) is 14.3. The van der Waals surface area contributed by atoms with Crippen LogP contribution in [0.25, 0.3) is 0 Å². The Morgan fingerprint density at radius 3 is 2.33 bits per heavy atom. The average Bonchev–Trinajstić information content (AvgIpc) is 3.26. The highest BCUT2D eigenvalue weighted by molar-refractivity contribution is 7.89. The van der Waals surface area contributed by atoms with Gasteiger partial charge in [0.2, 0.25) is 15.9 Å². The number of hydrogen-bond acceptors (Lipinski definition) is 6. The van der Waals surface area contributed by atoms with Gasteiger partial charge in [-0.25, -0.2) is 8.42 Å². The summed E-state index contributed by atoms with van der Waals surface area (Å²) in [6, 6.07) is 7.25. The highest BCUT2D eigenvalue weighted by atomic mass is 32.2. The van der Waals surface area contributed by atoms with E-state index in [2.05, 4.69) is 25.9 Å². The molecule has 0 saturated carbocycles. The highest BCUT2D eigenvalue weighted by Gasteiger charge is 2.40. The minimum atomic E-state index is -3.49. The number of ether oxygens (including phenoxy) is 1. The molecule has 0 spiro atoms. The molecular weight excluding hydrogens is 402 g/mol. The zero-order valence-corrected chi connectivity index (χ0v) is 18.8. The van der Waals surface area contributed by atoms with Crippen molar-refractivity contribution in [3.05, 3.63) is 41.5 Å². The fourth-order valence-electron chi connectivity index (χ4n) is 4.21.